The number of fused-ring (bicyclic) bond motifs is 1. The minimum atomic E-state index is -1.18. The summed E-state index contributed by atoms with van der Waals surface area (Å²) >= 11 is 3.98. The molecule has 1 saturated heterocycles. The molecule has 18 heteroatoms. The number of carbonyl (C=O) groups excluding carboxylic acids is 2. The lowest BCUT2D eigenvalue weighted by molar-refractivity contribution is -0.150. The number of nitrogen functional groups attached to an aromatic ring is 1. The van der Waals surface area contributed by atoms with Crippen LogP contribution in [-0.2, 0) is 27.3 Å². The predicted octanol–water partition coefficient (Wildman–Crippen LogP) is -2.30. The molecule has 15 nitrogen and oxygen atoms in total. The number of hydrogen-bond acceptors (Lipinski definition) is 12. The van der Waals surface area contributed by atoms with Gasteiger partial charge in [-0.05, 0) is 30.1 Å². The number of carboxylic acids is 1. The number of carbonyl (C=O) groups is 3. The fourth-order valence-corrected chi connectivity index (χ4v) is 6.42. The van der Waals surface area contributed by atoms with Gasteiger partial charge in [0.2, 0.25) is 11.1 Å². The minimum Gasteiger partial charge on any atom is -0.477 e. The zero-order valence-electron chi connectivity index (χ0n) is 19.4. The summed E-state index contributed by atoms with van der Waals surface area (Å²) in [5.41, 5.74) is 6.68. The van der Waals surface area contributed by atoms with E-state index in [0.29, 0.717) is 39.6 Å². The fourth-order valence-electron chi connectivity index (χ4n) is 3.47. The molecule has 2 aliphatic rings. The molecule has 198 valence electrons. The summed E-state index contributed by atoms with van der Waals surface area (Å²) in [5, 5.41) is 26.4. The van der Waals surface area contributed by atoms with Crippen LogP contribution in [0.5, 0.6) is 0 Å². The Bertz CT molecular complexity index is 1140. The van der Waals surface area contributed by atoms with Crippen LogP contribution >= 0.6 is 34.9 Å². The first kappa shape index (κ1) is 29.5. The maximum absolute atomic E-state index is 12.8. The number of aromatic nitrogens is 5. The van der Waals surface area contributed by atoms with Gasteiger partial charge in [0.15, 0.2) is 5.13 Å². The van der Waals surface area contributed by atoms with E-state index in [-0.39, 0.29) is 29.0 Å². The van der Waals surface area contributed by atoms with Crippen molar-refractivity contribution in [1.29, 1.82) is 0 Å². The fraction of sp³-hybridized carbons (Fsp3) is 0.500. The molecule has 36 heavy (non-hydrogen) atoms. The van der Waals surface area contributed by atoms with Gasteiger partial charge in [-0.3, -0.25) is 14.5 Å². The average molecular weight is 562 g/mol. The van der Waals surface area contributed by atoms with E-state index in [2.05, 4.69) is 25.8 Å². The molecule has 1 fully saturated rings. The summed E-state index contributed by atoms with van der Waals surface area (Å²) in [4.78, 5) is 44.5. The quantitative estimate of drug-likeness (QED) is 0.205. The first-order chi connectivity index (χ1) is 16.2. The molecular weight excluding hydrogens is 534 g/mol. The Morgan fingerprint density at radius 1 is 1.36 bits per heavy atom. The second-order valence-corrected chi connectivity index (χ2v) is 10.8. The lowest BCUT2D eigenvalue weighted by Crippen LogP contribution is -2.70. The van der Waals surface area contributed by atoms with Crippen molar-refractivity contribution in [1.82, 2.24) is 40.3 Å². The summed E-state index contributed by atoms with van der Waals surface area (Å²) < 4.78 is 1.67. The van der Waals surface area contributed by atoms with Crippen LogP contribution < -0.4 is 11.1 Å². The van der Waals surface area contributed by atoms with Gasteiger partial charge in [0.25, 0.3) is 5.91 Å². The summed E-state index contributed by atoms with van der Waals surface area (Å²) in [5.74, 6) is -1.24. The maximum Gasteiger partial charge on any atom is 0.352 e. The third-order valence-corrected chi connectivity index (χ3v) is 8.22. The van der Waals surface area contributed by atoms with E-state index in [1.807, 2.05) is 19.0 Å². The second kappa shape index (κ2) is 12.5. The van der Waals surface area contributed by atoms with Crippen LogP contribution in [0.4, 0.5) is 5.13 Å². The smallest absolute Gasteiger partial charge is 0.352 e. The summed E-state index contributed by atoms with van der Waals surface area (Å²) in [6, 6.07) is -0.782. The number of rotatable bonds is 10. The van der Waals surface area contributed by atoms with Crippen molar-refractivity contribution in [2.75, 3.05) is 37.9 Å². The number of aliphatic carboxylic acids is 1. The van der Waals surface area contributed by atoms with Gasteiger partial charge in [-0.15, -0.1) is 28.2 Å². The maximum atomic E-state index is 12.8. The van der Waals surface area contributed by atoms with Crippen molar-refractivity contribution >= 4 is 57.8 Å². The Kier molecular flexibility index (Phi) is 10.2. The molecule has 0 bridgehead atoms. The first-order valence-corrected chi connectivity index (χ1v) is 13.1. The van der Waals surface area contributed by atoms with Crippen LogP contribution in [0.15, 0.2) is 21.8 Å². The van der Waals surface area contributed by atoms with E-state index in [0.717, 1.165) is 6.54 Å². The molecule has 4 heterocycles. The molecule has 4 rings (SSSR count). The van der Waals surface area contributed by atoms with Crippen LogP contribution in [-0.4, -0.2) is 112 Å². The SMILES string of the molecule is CN(C)CCn1nnnc1SCC1=C(C(=O)O)N2C(=O)[C@@H](NC(=O)Cc3csc(N)n3)[C@H]2SC1.O.O. The summed E-state index contributed by atoms with van der Waals surface area (Å²) in [6.07, 6.45) is 0.000917. The summed E-state index contributed by atoms with van der Waals surface area (Å²) in [6.45, 7) is 1.36. The number of hydrogen-bond donors (Lipinski definition) is 3. The van der Waals surface area contributed by atoms with Crippen molar-refractivity contribution in [2.24, 2.45) is 0 Å². The highest BCUT2D eigenvalue weighted by atomic mass is 32.2. The highest BCUT2D eigenvalue weighted by Crippen LogP contribution is 2.41. The molecule has 2 aromatic rings. The zero-order chi connectivity index (χ0) is 24.4. The van der Waals surface area contributed by atoms with E-state index >= 15 is 0 Å². The van der Waals surface area contributed by atoms with Crippen molar-refractivity contribution in [3.63, 3.8) is 0 Å². The van der Waals surface area contributed by atoms with Gasteiger partial charge in [0, 0.05) is 23.4 Å². The second-order valence-electron chi connectivity index (χ2n) is 7.84. The third kappa shape index (κ3) is 6.31. The van der Waals surface area contributed by atoms with Crippen LogP contribution in [0.1, 0.15) is 5.69 Å². The molecule has 0 spiro atoms. The van der Waals surface area contributed by atoms with Crippen molar-refractivity contribution in [3.05, 3.63) is 22.3 Å². The molecule has 8 N–H and O–H groups in total. The molecule has 2 atom stereocenters. The van der Waals surface area contributed by atoms with Gasteiger partial charge in [0.1, 0.15) is 17.1 Å². The van der Waals surface area contributed by atoms with Gasteiger partial charge in [-0.2, -0.15) is 0 Å². The largest absolute Gasteiger partial charge is 0.477 e. The Balaban J connectivity index is 0.00000228. The number of amides is 2. The molecule has 0 aliphatic carbocycles. The molecule has 0 radical (unpaired) electrons. The van der Waals surface area contributed by atoms with Gasteiger partial charge in [0.05, 0.1) is 18.7 Å². The van der Waals surface area contributed by atoms with Crippen LogP contribution in [0, 0.1) is 0 Å². The number of β-lactam (4-membered cyclic amide) rings is 1. The number of tetrazole rings is 1. The number of nitrogens with one attached hydrogen (secondary N) is 1. The number of carboxylic acid groups (broad SMARTS) is 1. The molecule has 0 aromatic carbocycles. The lowest BCUT2D eigenvalue weighted by Gasteiger charge is -2.49. The normalized spacial score (nSPS) is 18.8. The van der Waals surface area contributed by atoms with Crippen molar-refractivity contribution in [2.45, 2.75) is 29.5 Å². The Labute approximate surface area is 218 Å². The van der Waals surface area contributed by atoms with E-state index in [9.17, 15) is 19.5 Å². The first-order valence-electron chi connectivity index (χ1n) is 10.2. The molecule has 2 aromatic heterocycles. The van der Waals surface area contributed by atoms with Crippen LogP contribution in [0.3, 0.4) is 0 Å². The Morgan fingerprint density at radius 2 is 2.11 bits per heavy atom. The highest BCUT2D eigenvalue weighted by molar-refractivity contribution is 8.01. The number of nitrogens with two attached hydrogens (primary N) is 1. The molecule has 2 amide bonds. The average Bonchev–Trinajstić information content (AvgIpc) is 3.41. The number of likely N-dealkylation sites (N-methyl/N-ethyl adjacent to an activating group) is 1. The number of thioether (sulfide) groups is 2. The summed E-state index contributed by atoms with van der Waals surface area (Å²) in [7, 11) is 3.90. The van der Waals surface area contributed by atoms with Crippen LogP contribution in [0.2, 0.25) is 0 Å². The minimum absolute atomic E-state index is 0. The van der Waals surface area contributed by atoms with Gasteiger partial charge >= 0.3 is 5.97 Å². The highest BCUT2D eigenvalue weighted by Gasteiger charge is 2.54. The topological polar surface area (TPSA) is 235 Å². The molecular formula is C18H27N9O6S3. The molecule has 0 unspecified atom stereocenters. The molecule has 2 aliphatic heterocycles. The monoisotopic (exact) mass is 561 g/mol. The van der Waals surface area contributed by atoms with Crippen molar-refractivity contribution < 1.29 is 30.4 Å². The number of nitrogens with zero attached hydrogens (tertiary/aromatic N) is 7. The van der Waals surface area contributed by atoms with Gasteiger partial charge in [-0.1, -0.05) is 11.8 Å². The van der Waals surface area contributed by atoms with Gasteiger partial charge in [-0.25, -0.2) is 14.5 Å². The zero-order valence-corrected chi connectivity index (χ0v) is 21.8. The third-order valence-electron chi connectivity index (χ3n) is 5.11. The number of thiazole rings is 1. The molecule has 0 saturated carbocycles. The van der Waals surface area contributed by atoms with E-state index in [1.54, 1.807) is 10.1 Å². The Morgan fingerprint density at radius 3 is 2.75 bits per heavy atom. The van der Waals surface area contributed by atoms with E-state index in [4.69, 9.17) is 5.73 Å². The lowest BCUT2D eigenvalue weighted by atomic mass is 10.0. The predicted molar refractivity (Wildman–Crippen MR) is 134 cm³/mol. The Hall–Kier alpha value is -2.77. The van der Waals surface area contributed by atoms with Gasteiger partial charge < -0.3 is 32.0 Å². The van der Waals surface area contributed by atoms with Crippen molar-refractivity contribution in [3.8, 4) is 0 Å². The van der Waals surface area contributed by atoms with Crippen LogP contribution in [0.25, 0.3) is 0 Å². The number of anilines is 1. The standard InChI is InChI=1S/C18H23N9O4S3.2H2O/c1-25(2)3-4-26-18(22-23-24-26)34-7-9-6-32-15-12(14(29)27(15)13(9)16(30)31)21-11(28)5-10-8-33-17(19)20-10;;/h8,12,15H,3-7H2,1-2H3,(H2,19,20)(H,21,28)(H,30,31);2*1H2/t12-,15-;;/m1../s1. The van der Waals surface area contributed by atoms with E-state index in [1.165, 1.54) is 39.8 Å². The van der Waals surface area contributed by atoms with E-state index < -0.39 is 23.3 Å².